The monoisotopic (exact) mass is 668 g/mol. The molecule has 11 aromatic rings. The highest BCUT2D eigenvalue weighted by Crippen LogP contribution is 2.46. The van der Waals surface area contributed by atoms with Crippen LogP contribution in [0, 0.1) is 0 Å². The molecule has 0 spiro atoms. The fraction of sp³-hybridized carbons (Fsp3) is 0. The lowest BCUT2D eigenvalue weighted by Crippen LogP contribution is -1.90. The van der Waals surface area contributed by atoms with E-state index in [1.54, 1.807) is 0 Å². The molecular formula is C48H28S2. The molecule has 0 bridgehead atoms. The maximum absolute atomic E-state index is 2.39. The smallest absolute Gasteiger partial charge is 0.0448 e. The minimum absolute atomic E-state index is 1.25. The first-order valence-corrected chi connectivity index (χ1v) is 18.7. The van der Waals surface area contributed by atoms with Gasteiger partial charge in [0.1, 0.15) is 0 Å². The van der Waals surface area contributed by atoms with E-state index in [1.807, 2.05) is 22.7 Å². The average molecular weight is 669 g/mol. The van der Waals surface area contributed by atoms with Gasteiger partial charge in [0.15, 0.2) is 0 Å². The Labute approximate surface area is 297 Å². The zero-order valence-corrected chi connectivity index (χ0v) is 28.6. The average Bonchev–Trinajstić information content (AvgIpc) is 3.75. The number of fused-ring (bicyclic) bond motifs is 10. The van der Waals surface area contributed by atoms with Gasteiger partial charge in [0.25, 0.3) is 0 Å². The van der Waals surface area contributed by atoms with E-state index >= 15 is 0 Å². The van der Waals surface area contributed by atoms with Crippen molar-refractivity contribution in [1.82, 2.24) is 0 Å². The van der Waals surface area contributed by atoms with Crippen molar-refractivity contribution in [2.75, 3.05) is 0 Å². The maximum Gasteiger partial charge on any atom is 0.0448 e. The Morgan fingerprint density at radius 2 is 0.820 bits per heavy atom. The molecule has 9 aromatic carbocycles. The zero-order chi connectivity index (χ0) is 32.8. The summed E-state index contributed by atoms with van der Waals surface area (Å²) < 4.78 is 5.46. The number of thiophene rings is 2. The van der Waals surface area contributed by atoms with Crippen LogP contribution in [0.5, 0.6) is 0 Å². The molecule has 2 aromatic heterocycles. The molecule has 0 aliphatic heterocycles. The third kappa shape index (κ3) is 4.16. The largest absolute Gasteiger partial charge is 0.135 e. The van der Waals surface area contributed by atoms with Crippen molar-refractivity contribution in [2.24, 2.45) is 0 Å². The van der Waals surface area contributed by atoms with Crippen molar-refractivity contribution in [3.8, 4) is 33.4 Å². The van der Waals surface area contributed by atoms with E-state index < -0.39 is 0 Å². The Balaban J connectivity index is 1.04. The lowest BCUT2D eigenvalue weighted by Gasteiger charge is -2.18. The molecule has 11 rings (SSSR count). The third-order valence-electron chi connectivity index (χ3n) is 10.4. The molecule has 0 fully saturated rings. The number of benzene rings is 9. The van der Waals surface area contributed by atoms with Gasteiger partial charge < -0.3 is 0 Å². The molecule has 0 aliphatic carbocycles. The molecule has 0 aliphatic rings. The maximum atomic E-state index is 2.39. The van der Waals surface area contributed by atoms with Crippen molar-refractivity contribution in [2.45, 2.75) is 0 Å². The van der Waals surface area contributed by atoms with E-state index in [9.17, 15) is 0 Å². The summed E-state index contributed by atoms with van der Waals surface area (Å²) in [6.45, 7) is 0. The van der Waals surface area contributed by atoms with Gasteiger partial charge in [-0.05, 0) is 96.0 Å². The zero-order valence-electron chi connectivity index (χ0n) is 27.0. The van der Waals surface area contributed by atoms with Crippen LogP contribution in [0.3, 0.4) is 0 Å². The third-order valence-corrected chi connectivity index (χ3v) is 12.8. The van der Waals surface area contributed by atoms with Gasteiger partial charge in [0.2, 0.25) is 0 Å². The van der Waals surface area contributed by atoms with E-state index in [0.717, 1.165) is 0 Å². The summed E-state index contributed by atoms with van der Waals surface area (Å²) in [7, 11) is 0. The van der Waals surface area contributed by atoms with E-state index in [-0.39, 0.29) is 0 Å². The highest BCUT2D eigenvalue weighted by atomic mass is 32.1. The van der Waals surface area contributed by atoms with Crippen LogP contribution in [-0.2, 0) is 0 Å². The summed E-state index contributed by atoms with van der Waals surface area (Å²) >= 11 is 3.83. The van der Waals surface area contributed by atoms with Crippen molar-refractivity contribution >= 4 is 95.3 Å². The normalized spacial score (nSPS) is 12.0. The lowest BCUT2D eigenvalue weighted by atomic mass is 9.85. The van der Waals surface area contributed by atoms with Gasteiger partial charge in [-0.1, -0.05) is 140 Å². The second-order valence-electron chi connectivity index (χ2n) is 13.2. The molecule has 0 saturated carbocycles. The number of hydrogen-bond donors (Lipinski definition) is 0. The number of rotatable bonds is 3. The van der Waals surface area contributed by atoms with Crippen LogP contribution in [0.1, 0.15) is 0 Å². The molecular weight excluding hydrogens is 641 g/mol. The molecule has 232 valence electrons. The predicted molar refractivity (Wildman–Crippen MR) is 221 cm³/mol. The van der Waals surface area contributed by atoms with Gasteiger partial charge in [-0.15, -0.1) is 22.7 Å². The van der Waals surface area contributed by atoms with Gasteiger partial charge in [0.05, 0.1) is 0 Å². The molecule has 2 heterocycles. The molecule has 0 atom stereocenters. The molecule has 0 unspecified atom stereocenters. The van der Waals surface area contributed by atoms with E-state index in [1.165, 1.54) is 106 Å². The Bertz CT molecular complexity index is 3080. The first kappa shape index (κ1) is 28.1. The van der Waals surface area contributed by atoms with Crippen LogP contribution < -0.4 is 0 Å². The Morgan fingerprint density at radius 1 is 0.280 bits per heavy atom. The summed E-state index contributed by atoms with van der Waals surface area (Å²) in [6, 6.07) is 63.0. The minimum atomic E-state index is 1.25. The van der Waals surface area contributed by atoms with Gasteiger partial charge >= 0.3 is 0 Å². The van der Waals surface area contributed by atoms with Crippen molar-refractivity contribution < 1.29 is 0 Å². The summed E-state index contributed by atoms with van der Waals surface area (Å²) in [5, 5.41) is 13.1. The van der Waals surface area contributed by atoms with E-state index in [4.69, 9.17) is 0 Å². The highest BCUT2D eigenvalue weighted by Gasteiger charge is 2.17. The summed E-state index contributed by atoms with van der Waals surface area (Å²) in [4.78, 5) is 0. The molecule has 50 heavy (non-hydrogen) atoms. The van der Waals surface area contributed by atoms with Crippen LogP contribution in [0.15, 0.2) is 170 Å². The van der Waals surface area contributed by atoms with Crippen LogP contribution in [0.4, 0.5) is 0 Å². The summed E-state index contributed by atoms with van der Waals surface area (Å²) in [5.41, 5.74) is 7.60. The van der Waals surface area contributed by atoms with Crippen LogP contribution >= 0.6 is 22.7 Å². The van der Waals surface area contributed by atoms with Gasteiger partial charge in [-0.25, -0.2) is 0 Å². The molecule has 0 nitrogen and oxygen atoms in total. The first-order chi connectivity index (χ1) is 24.8. The topological polar surface area (TPSA) is 0 Å². The van der Waals surface area contributed by atoms with Crippen molar-refractivity contribution in [3.63, 3.8) is 0 Å². The predicted octanol–water partition coefficient (Wildman–Crippen LogP) is 14.9. The molecule has 0 amide bonds. The highest BCUT2D eigenvalue weighted by molar-refractivity contribution is 7.29. The minimum Gasteiger partial charge on any atom is -0.135 e. The molecule has 0 saturated heterocycles. The second kappa shape index (κ2) is 10.9. The lowest BCUT2D eigenvalue weighted by molar-refractivity contribution is 1.66. The molecule has 0 radical (unpaired) electrons. The van der Waals surface area contributed by atoms with Gasteiger partial charge in [0, 0.05) is 40.3 Å². The van der Waals surface area contributed by atoms with Crippen molar-refractivity contribution in [3.05, 3.63) is 170 Å². The first-order valence-electron chi connectivity index (χ1n) is 17.1. The summed E-state index contributed by atoms with van der Waals surface area (Å²) in [6.07, 6.45) is 0. The van der Waals surface area contributed by atoms with E-state index in [0.29, 0.717) is 0 Å². The van der Waals surface area contributed by atoms with Crippen LogP contribution in [-0.4, -0.2) is 0 Å². The van der Waals surface area contributed by atoms with Gasteiger partial charge in [-0.2, -0.15) is 0 Å². The van der Waals surface area contributed by atoms with Crippen LogP contribution in [0.2, 0.25) is 0 Å². The Hall–Kier alpha value is -5.80. The Kier molecular flexibility index (Phi) is 6.09. The molecule has 0 N–H and O–H groups in total. The quantitative estimate of drug-likeness (QED) is 0.164. The second-order valence-corrected chi connectivity index (χ2v) is 15.3. The standard InChI is InChI=1S/C48H28S2/c1-2-10-29(11-3-1)45-36-13-4-6-15-38(36)46(39-16-7-5-14-37(39)45)34-21-20-30-26-31(18-19-32(30)27-34)33-22-23-41-44(28-33)49-43-25-24-40-35-12-8-9-17-42(35)50-48(40)47(41)43/h1-28H. The van der Waals surface area contributed by atoms with Gasteiger partial charge in [-0.3, -0.25) is 0 Å². The van der Waals surface area contributed by atoms with Crippen LogP contribution in [0.25, 0.3) is 106 Å². The Morgan fingerprint density at radius 3 is 1.54 bits per heavy atom. The number of hydrogen-bond acceptors (Lipinski definition) is 2. The SMILES string of the molecule is c1ccc(-c2c3ccccc3c(-c3ccc4cc(-c5ccc6c(c5)sc5ccc7c8ccccc8sc7c56)ccc4c3)c3ccccc23)cc1. The fourth-order valence-corrected chi connectivity index (χ4v) is 10.6. The summed E-state index contributed by atoms with van der Waals surface area (Å²) in [5.74, 6) is 0. The fourth-order valence-electron chi connectivity index (χ4n) is 8.16. The van der Waals surface area contributed by atoms with Crippen molar-refractivity contribution in [1.29, 1.82) is 0 Å². The molecule has 2 heteroatoms. The van der Waals surface area contributed by atoms with E-state index in [2.05, 4.69) is 170 Å².